The summed E-state index contributed by atoms with van der Waals surface area (Å²) in [6.07, 6.45) is 0.885. The standard InChI is InChI=1S/C11H12ClFO3/c1-16-11-7(3-2-4-10(14)15)5-8(12)6-9(11)13/h5-6H,2-4H2,1H3,(H,14,15). The highest BCUT2D eigenvalue weighted by molar-refractivity contribution is 6.30. The predicted molar refractivity (Wildman–Crippen MR) is 58.5 cm³/mol. The summed E-state index contributed by atoms with van der Waals surface area (Å²) in [6, 6.07) is 2.76. The van der Waals surface area contributed by atoms with Crippen LogP contribution in [-0.4, -0.2) is 18.2 Å². The number of hydrogen-bond donors (Lipinski definition) is 1. The van der Waals surface area contributed by atoms with Crippen molar-refractivity contribution < 1.29 is 19.0 Å². The zero-order valence-electron chi connectivity index (χ0n) is 8.80. The Labute approximate surface area is 97.8 Å². The van der Waals surface area contributed by atoms with Gasteiger partial charge in [0.1, 0.15) is 0 Å². The minimum atomic E-state index is -0.874. The van der Waals surface area contributed by atoms with E-state index in [-0.39, 0.29) is 17.2 Å². The third-order valence-electron chi connectivity index (χ3n) is 2.13. The highest BCUT2D eigenvalue weighted by Gasteiger charge is 2.11. The van der Waals surface area contributed by atoms with Gasteiger partial charge in [0.15, 0.2) is 11.6 Å². The molecule has 0 bridgehead atoms. The number of carboxylic acids is 1. The molecule has 0 aliphatic rings. The fourth-order valence-electron chi connectivity index (χ4n) is 1.46. The third-order valence-corrected chi connectivity index (χ3v) is 2.34. The molecule has 1 rings (SSSR count). The maximum atomic E-state index is 13.4. The normalized spacial score (nSPS) is 10.2. The van der Waals surface area contributed by atoms with E-state index in [1.54, 1.807) is 6.07 Å². The first-order valence-electron chi connectivity index (χ1n) is 4.78. The average molecular weight is 247 g/mol. The van der Waals surface area contributed by atoms with Crippen LogP contribution in [0.2, 0.25) is 5.02 Å². The topological polar surface area (TPSA) is 46.5 Å². The second-order valence-corrected chi connectivity index (χ2v) is 3.76. The molecule has 0 aliphatic carbocycles. The fourth-order valence-corrected chi connectivity index (χ4v) is 1.69. The van der Waals surface area contributed by atoms with E-state index < -0.39 is 11.8 Å². The van der Waals surface area contributed by atoms with E-state index in [1.165, 1.54) is 13.2 Å². The molecule has 1 aromatic rings. The first-order chi connectivity index (χ1) is 7.54. The molecule has 88 valence electrons. The van der Waals surface area contributed by atoms with Gasteiger partial charge in [-0.15, -0.1) is 0 Å². The molecule has 1 aromatic carbocycles. The van der Waals surface area contributed by atoms with Crippen LogP contribution in [0, 0.1) is 5.82 Å². The number of aliphatic carboxylic acids is 1. The molecule has 3 nitrogen and oxygen atoms in total. The van der Waals surface area contributed by atoms with Crippen LogP contribution < -0.4 is 4.74 Å². The van der Waals surface area contributed by atoms with Gasteiger partial charge in [0.05, 0.1) is 7.11 Å². The van der Waals surface area contributed by atoms with Crippen molar-refractivity contribution in [3.8, 4) is 5.75 Å². The Balaban J connectivity index is 2.81. The molecule has 0 aliphatic heterocycles. The van der Waals surface area contributed by atoms with Crippen LogP contribution in [0.1, 0.15) is 18.4 Å². The molecular weight excluding hydrogens is 235 g/mol. The maximum absolute atomic E-state index is 13.4. The summed E-state index contributed by atoms with van der Waals surface area (Å²) in [5, 5.41) is 8.78. The van der Waals surface area contributed by atoms with E-state index in [0.717, 1.165) is 0 Å². The zero-order valence-corrected chi connectivity index (χ0v) is 9.55. The minimum absolute atomic E-state index is 0.0390. The van der Waals surface area contributed by atoms with Crippen LogP contribution in [-0.2, 0) is 11.2 Å². The van der Waals surface area contributed by atoms with Crippen molar-refractivity contribution in [2.24, 2.45) is 0 Å². The van der Waals surface area contributed by atoms with E-state index in [4.69, 9.17) is 21.4 Å². The number of hydrogen-bond acceptors (Lipinski definition) is 2. The molecule has 0 spiro atoms. The summed E-state index contributed by atoms with van der Waals surface area (Å²) >= 11 is 5.71. The molecule has 0 fully saturated rings. The molecular formula is C11H12ClFO3. The van der Waals surface area contributed by atoms with Gasteiger partial charge in [-0.1, -0.05) is 11.6 Å². The largest absolute Gasteiger partial charge is 0.493 e. The second-order valence-electron chi connectivity index (χ2n) is 3.33. The van der Waals surface area contributed by atoms with E-state index in [1.807, 2.05) is 0 Å². The van der Waals surface area contributed by atoms with Gasteiger partial charge in [-0.3, -0.25) is 4.79 Å². The summed E-state index contributed by atoms with van der Waals surface area (Å²) in [7, 11) is 1.37. The van der Waals surface area contributed by atoms with Crippen LogP contribution >= 0.6 is 11.6 Å². The number of halogens is 2. The average Bonchev–Trinajstić information content (AvgIpc) is 2.16. The van der Waals surface area contributed by atoms with E-state index in [9.17, 15) is 9.18 Å². The monoisotopic (exact) mass is 246 g/mol. The molecule has 0 heterocycles. The molecule has 0 amide bonds. The molecule has 5 heteroatoms. The third kappa shape index (κ3) is 3.38. The number of carboxylic acid groups (broad SMARTS) is 1. The van der Waals surface area contributed by atoms with Crippen molar-refractivity contribution in [2.75, 3.05) is 7.11 Å². The van der Waals surface area contributed by atoms with Crippen LogP contribution in [0.5, 0.6) is 5.75 Å². The van der Waals surface area contributed by atoms with E-state index >= 15 is 0 Å². The lowest BCUT2D eigenvalue weighted by Gasteiger charge is -2.09. The van der Waals surface area contributed by atoms with Crippen molar-refractivity contribution >= 4 is 17.6 Å². The predicted octanol–water partition coefficient (Wildman–Crippen LogP) is 2.90. The Morgan fingerprint density at radius 1 is 1.56 bits per heavy atom. The summed E-state index contributed by atoms with van der Waals surface area (Å²) in [5.41, 5.74) is 0.591. The van der Waals surface area contributed by atoms with Gasteiger partial charge in [0, 0.05) is 11.4 Å². The number of aryl methyl sites for hydroxylation is 1. The molecule has 0 aromatic heterocycles. The van der Waals surface area contributed by atoms with Gasteiger partial charge in [-0.25, -0.2) is 4.39 Å². The summed E-state index contributed by atoms with van der Waals surface area (Å²) in [5.74, 6) is -1.27. The first kappa shape index (κ1) is 12.8. The fraction of sp³-hybridized carbons (Fsp3) is 0.364. The van der Waals surface area contributed by atoms with Gasteiger partial charge in [-0.05, 0) is 30.5 Å². The Bertz CT molecular complexity index is 393. The van der Waals surface area contributed by atoms with E-state index in [0.29, 0.717) is 18.4 Å². The summed E-state index contributed by atoms with van der Waals surface area (Å²) < 4.78 is 18.3. The number of rotatable bonds is 5. The molecule has 1 N–H and O–H groups in total. The van der Waals surface area contributed by atoms with Crippen molar-refractivity contribution in [1.82, 2.24) is 0 Å². The first-order valence-corrected chi connectivity index (χ1v) is 5.16. The minimum Gasteiger partial charge on any atom is -0.493 e. The smallest absolute Gasteiger partial charge is 0.303 e. The Morgan fingerprint density at radius 2 is 2.25 bits per heavy atom. The number of benzene rings is 1. The summed E-state index contributed by atoms with van der Waals surface area (Å²) in [4.78, 5) is 10.3. The van der Waals surface area contributed by atoms with Crippen molar-refractivity contribution in [3.05, 3.63) is 28.5 Å². The van der Waals surface area contributed by atoms with Crippen molar-refractivity contribution in [1.29, 1.82) is 0 Å². The SMILES string of the molecule is COc1c(F)cc(Cl)cc1CCCC(=O)O. The number of carbonyl (C=O) groups is 1. The molecule has 0 radical (unpaired) electrons. The summed E-state index contributed by atoms with van der Waals surface area (Å²) in [6.45, 7) is 0. The molecule has 0 saturated heterocycles. The van der Waals surface area contributed by atoms with Gasteiger partial charge in [0.25, 0.3) is 0 Å². The van der Waals surface area contributed by atoms with Crippen LogP contribution in [0.3, 0.4) is 0 Å². The quantitative estimate of drug-likeness (QED) is 0.869. The van der Waals surface area contributed by atoms with Crippen LogP contribution in [0.25, 0.3) is 0 Å². The second kappa shape index (κ2) is 5.70. The van der Waals surface area contributed by atoms with Crippen molar-refractivity contribution in [3.63, 3.8) is 0 Å². The lowest BCUT2D eigenvalue weighted by atomic mass is 10.1. The van der Waals surface area contributed by atoms with Crippen molar-refractivity contribution in [2.45, 2.75) is 19.3 Å². The highest BCUT2D eigenvalue weighted by Crippen LogP contribution is 2.28. The number of ether oxygens (including phenoxy) is 1. The van der Waals surface area contributed by atoms with Gasteiger partial charge in [-0.2, -0.15) is 0 Å². The Hall–Kier alpha value is -1.29. The van der Waals surface area contributed by atoms with E-state index in [2.05, 4.69) is 0 Å². The van der Waals surface area contributed by atoms with Crippen LogP contribution in [0.15, 0.2) is 12.1 Å². The Morgan fingerprint density at radius 3 is 2.81 bits per heavy atom. The Kier molecular flexibility index (Phi) is 4.55. The lowest BCUT2D eigenvalue weighted by molar-refractivity contribution is -0.137. The van der Waals surface area contributed by atoms with Gasteiger partial charge in [0.2, 0.25) is 0 Å². The number of methoxy groups -OCH3 is 1. The molecule has 16 heavy (non-hydrogen) atoms. The molecule has 0 atom stereocenters. The van der Waals surface area contributed by atoms with Gasteiger partial charge >= 0.3 is 5.97 Å². The lowest BCUT2D eigenvalue weighted by Crippen LogP contribution is -1.99. The maximum Gasteiger partial charge on any atom is 0.303 e. The molecule has 0 unspecified atom stereocenters. The zero-order chi connectivity index (χ0) is 12.1. The molecule has 0 saturated carbocycles. The highest BCUT2D eigenvalue weighted by atomic mass is 35.5. The van der Waals surface area contributed by atoms with Gasteiger partial charge < -0.3 is 9.84 Å². The van der Waals surface area contributed by atoms with Crippen LogP contribution in [0.4, 0.5) is 4.39 Å².